The highest BCUT2D eigenvalue weighted by Crippen LogP contribution is 2.32. The quantitative estimate of drug-likeness (QED) is 0.761. The van der Waals surface area contributed by atoms with E-state index in [1.54, 1.807) is 0 Å². The summed E-state index contributed by atoms with van der Waals surface area (Å²) in [6.07, 6.45) is 0.816. The van der Waals surface area contributed by atoms with Crippen LogP contribution < -0.4 is 4.74 Å². The van der Waals surface area contributed by atoms with Crippen molar-refractivity contribution in [1.29, 1.82) is 0 Å². The molecule has 2 aromatic carbocycles. The van der Waals surface area contributed by atoms with Gasteiger partial charge in [0, 0.05) is 5.56 Å². The zero-order valence-corrected chi connectivity index (χ0v) is 15.2. The van der Waals surface area contributed by atoms with Crippen molar-refractivity contribution in [2.75, 3.05) is 13.2 Å². The van der Waals surface area contributed by atoms with Gasteiger partial charge in [0.25, 0.3) is 0 Å². The molecule has 0 aromatic heterocycles. The largest absolute Gasteiger partial charge is 0.491 e. The molecule has 4 heteroatoms. The summed E-state index contributed by atoms with van der Waals surface area (Å²) in [5, 5.41) is 0. The van der Waals surface area contributed by atoms with Gasteiger partial charge in [0.05, 0.1) is 6.61 Å². The molecule has 3 rings (SSSR count). The van der Waals surface area contributed by atoms with Crippen molar-refractivity contribution in [1.82, 2.24) is 0 Å². The predicted molar refractivity (Wildman–Crippen MR) is 97.1 cm³/mol. The van der Waals surface area contributed by atoms with Gasteiger partial charge in [0.15, 0.2) is 5.79 Å². The molecule has 0 bridgehead atoms. The lowest BCUT2D eigenvalue weighted by Gasteiger charge is -2.18. The minimum atomic E-state index is -0.534. The molecule has 0 radical (unpaired) electrons. The molecule has 1 atom stereocenters. The summed E-state index contributed by atoms with van der Waals surface area (Å²) in [5.74, 6) is 0.284. The molecule has 1 aliphatic heterocycles. The summed E-state index contributed by atoms with van der Waals surface area (Å²) >= 11 is 0. The van der Waals surface area contributed by atoms with Gasteiger partial charge in [0.2, 0.25) is 0 Å². The minimum Gasteiger partial charge on any atom is -0.491 e. The molecule has 0 saturated carbocycles. The van der Waals surface area contributed by atoms with Crippen LogP contribution in [0.5, 0.6) is 5.75 Å². The summed E-state index contributed by atoms with van der Waals surface area (Å²) in [7, 11) is 0. The van der Waals surface area contributed by atoms with Crippen molar-refractivity contribution in [2.24, 2.45) is 0 Å². The van der Waals surface area contributed by atoms with Crippen LogP contribution in [0.15, 0.2) is 36.4 Å². The Labute approximate surface area is 148 Å². The maximum absolute atomic E-state index is 11.0. The highest BCUT2D eigenvalue weighted by Gasteiger charge is 2.33. The summed E-state index contributed by atoms with van der Waals surface area (Å²) in [5.41, 5.74) is 5.08. The van der Waals surface area contributed by atoms with Gasteiger partial charge < -0.3 is 14.2 Å². The number of aldehydes is 1. The van der Waals surface area contributed by atoms with E-state index >= 15 is 0 Å². The molecule has 0 aliphatic carbocycles. The number of aryl methyl sites for hydroxylation is 2. The van der Waals surface area contributed by atoms with E-state index in [0.29, 0.717) is 18.8 Å². The first-order chi connectivity index (χ1) is 11.9. The fourth-order valence-corrected chi connectivity index (χ4v) is 3.26. The zero-order valence-electron chi connectivity index (χ0n) is 15.2. The zero-order chi connectivity index (χ0) is 18.0. The fourth-order valence-electron chi connectivity index (χ4n) is 3.26. The Hall–Kier alpha value is -2.17. The number of hydrogen-bond acceptors (Lipinski definition) is 4. The third kappa shape index (κ3) is 4.09. The standard InChI is InChI=1S/C21H24O4/c1-14-8-18(23-12-19-13-24-21(3,4)25-19)9-15(2)20(14)17-7-5-6-16(10-17)11-22/h5-11,19H,12-13H2,1-4H3/t19-/m0/s1. The second-order valence-electron chi connectivity index (χ2n) is 6.94. The van der Waals surface area contributed by atoms with E-state index < -0.39 is 5.79 Å². The van der Waals surface area contributed by atoms with Crippen LogP contribution >= 0.6 is 0 Å². The first-order valence-corrected chi connectivity index (χ1v) is 8.49. The van der Waals surface area contributed by atoms with Gasteiger partial charge in [0.1, 0.15) is 24.7 Å². The van der Waals surface area contributed by atoms with Crippen LogP contribution in [0.4, 0.5) is 0 Å². The third-order valence-electron chi connectivity index (χ3n) is 4.32. The average molecular weight is 340 g/mol. The first kappa shape index (κ1) is 17.6. The SMILES string of the molecule is Cc1cc(OC[C@H]2COC(C)(C)O2)cc(C)c1-c1cccc(C=O)c1. The highest BCUT2D eigenvalue weighted by atomic mass is 16.7. The van der Waals surface area contributed by atoms with Gasteiger partial charge in [-0.25, -0.2) is 0 Å². The van der Waals surface area contributed by atoms with E-state index in [9.17, 15) is 4.79 Å². The fraction of sp³-hybridized carbons (Fsp3) is 0.381. The highest BCUT2D eigenvalue weighted by molar-refractivity contribution is 5.80. The van der Waals surface area contributed by atoms with Crippen molar-refractivity contribution >= 4 is 6.29 Å². The van der Waals surface area contributed by atoms with Gasteiger partial charge in [-0.05, 0) is 68.1 Å². The van der Waals surface area contributed by atoms with Crippen molar-refractivity contribution in [3.05, 3.63) is 53.1 Å². The van der Waals surface area contributed by atoms with Crippen molar-refractivity contribution in [3.8, 4) is 16.9 Å². The first-order valence-electron chi connectivity index (χ1n) is 8.49. The second kappa shape index (κ2) is 6.98. The van der Waals surface area contributed by atoms with Gasteiger partial charge in [-0.2, -0.15) is 0 Å². The molecule has 1 saturated heterocycles. The van der Waals surface area contributed by atoms with Crippen LogP contribution in [-0.2, 0) is 9.47 Å². The number of benzene rings is 2. The molecule has 1 heterocycles. The summed E-state index contributed by atoms with van der Waals surface area (Å²) < 4.78 is 17.2. The van der Waals surface area contributed by atoms with Crippen LogP contribution in [0.2, 0.25) is 0 Å². The Kier molecular flexibility index (Phi) is 4.93. The summed E-state index contributed by atoms with van der Waals surface area (Å²) in [6, 6.07) is 11.7. The van der Waals surface area contributed by atoms with Crippen LogP contribution in [0.25, 0.3) is 11.1 Å². The van der Waals surface area contributed by atoms with E-state index in [1.807, 2.05) is 50.2 Å². The molecule has 132 valence electrons. The molecular weight excluding hydrogens is 316 g/mol. The summed E-state index contributed by atoms with van der Waals surface area (Å²) in [4.78, 5) is 11.0. The van der Waals surface area contributed by atoms with Crippen LogP contribution in [0.1, 0.15) is 35.3 Å². The molecule has 0 unspecified atom stereocenters. The van der Waals surface area contributed by atoms with E-state index in [-0.39, 0.29) is 6.10 Å². The number of carbonyl (C=O) groups is 1. The lowest BCUT2D eigenvalue weighted by molar-refractivity contribution is -0.141. The Morgan fingerprint density at radius 2 is 1.92 bits per heavy atom. The Morgan fingerprint density at radius 3 is 2.52 bits per heavy atom. The smallest absolute Gasteiger partial charge is 0.163 e. The maximum atomic E-state index is 11.0. The maximum Gasteiger partial charge on any atom is 0.163 e. The van der Waals surface area contributed by atoms with Crippen LogP contribution in [0.3, 0.4) is 0 Å². The topological polar surface area (TPSA) is 44.8 Å². The Bertz CT molecular complexity index is 756. The van der Waals surface area contributed by atoms with Gasteiger partial charge in [-0.15, -0.1) is 0 Å². The molecule has 0 spiro atoms. The molecule has 1 fully saturated rings. The van der Waals surface area contributed by atoms with E-state index in [1.165, 1.54) is 0 Å². The number of carbonyl (C=O) groups excluding carboxylic acids is 1. The lowest BCUT2D eigenvalue weighted by atomic mass is 9.94. The van der Waals surface area contributed by atoms with E-state index in [4.69, 9.17) is 14.2 Å². The van der Waals surface area contributed by atoms with Crippen molar-refractivity contribution in [2.45, 2.75) is 39.6 Å². The second-order valence-corrected chi connectivity index (χ2v) is 6.94. The van der Waals surface area contributed by atoms with E-state index in [0.717, 1.165) is 34.3 Å². The van der Waals surface area contributed by atoms with Crippen molar-refractivity contribution in [3.63, 3.8) is 0 Å². The van der Waals surface area contributed by atoms with E-state index in [2.05, 4.69) is 13.8 Å². The molecule has 1 aliphatic rings. The van der Waals surface area contributed by atoms with Crippen LogP contribution in [-0.4, -0.2) is 31.4 Å². The number of ether oxygens (including phenoxy) is 3. The third-order valence-corrected chi connectivity index (χ3v) is 4.32. The molecule has 0 amide bonds. The minimum absolute atomic E-state index is 0.0560. The Balaban J connectivity index is 1.77. The molecule has 25 heavy (non-hydrogen) atoms. The molecule has 2 aromatic rings. The molecular formula is C21H24O4. The number of hydrogen-bond donors (Lipinski definition) is 0. The normalized spacial score (nSPS) is 19.0. The monoisotopic (exact) mass is 340 g/mol. The summed E-state index contributed by atoms with van der Waals surface area (Å²) in [6.45, 7) is 8.93. The molecule has 4 nitrogen and oxygen atoms in total. The Morgan fingerprint density at radius 1 is 1.20 bits per heavy atom. The van der Waals surface area contributed by atoms with Gasteiger partial charge in [-0.1, -0.05) is 18.2 Å². The van der Waals surface area contributed by atoms with Crippen molar-refractivity contribution < 1.29 is 19.0 Å². The molecule has 0 N–H and O–H groups in total. The number of rotatable bonds is 5. The van der Waals surface area contributed by atoms with Crippen LogP contribution in [0, 0.1) is 13.8 Å². The van der Waals surface area contributed by atoms with Gasteiger partial charge >= 0.3 is 0 Å². The lowest BCUT2D eigenvalue weighted by Crippen LogP contribution is -2.25. The predicted octanol–water partition coefficient (Wildman–Crippen LogP) is 4.31. The van der Waals surface area contributed by atoms with Gasteiger partial charge in [-0.3, -0.25) is 4.79 Å². The average Bonchev–Trinajstić information content (AvgIpc) is 2.92.